The second kappa shape index (κ2) is 7.68. The van der Waals surface area contributed by atoms with Crippen molar-refractivity contribution in [3.8, 4) is 0 Å². The fraction of sp³-hybridized carbons (Fsp3) is 0.615. The number of hydrogen-bond acceptors (Lipinski definition) is 5. The molecule has 0 spiro atoms. The van der Waals surface area contributed by atoms with Crippen LogP contribution in [0.3, 0.4) is 0 Å². The van der Waals surface area contributed by atoms with E-state index in [0.717, 1.165) is 6.42 Å². The Labute approximate surface area is 113 Å². The Hall–Kier alpha value is -1.69. The Morgan fingerprint density at radius 1 is 1.42 bits per heavy atom. The van der Waals surface area contributed by atoms with Gasteiger partial charge in [-0.2, -0.15) is 0 Å². The summed E-state index contributed by atoms with van der Waals surface area (Å²) in [6, 6.07) is 1.53. The van der Waals surface area contributed by atoms with Gasteiger partial charge in [0.1, 0.15) is 0 Å². The van der Waals surface area contributed by atoms with Gasteiger partial charge in [0, 0.05) is 19.4 Å². The number of hydrogen-bond donors (Lipinski definition) is 2. The zero-order valence-electron chi connectivity index (χ0n) is 11.7. The van der Waals surface area contributed by atoms with Crippen LogP contribution in [-0.2, 0) is 4.79 Å². The lowest BCUT2D eigenvalue weighted by molar-refractivity contribution is -0.120. The van der Waals surface area contributed by atoms with Gasteiger partial charge in [-0.25, -0.2) is 9.97 Å². The second-order valence-corrected chi connectivity index (χ2v) is 4.98. The number of anilines is 1. The number of carbonyl (C=O) groups excluding carboxylic acids is 1. The van der Waals surface area contributed by atoms with E-state index >= 15 is 0 Å². The Kier molecular flexibility index (Phi) is 6.21. The monoisotopic (exact) mass is 266 g/mol. The van der Waals surface area contributed by atoms with Crippen molar-refractivity contribution in [2.24, 2.45) is 5.92 Å². The van der Waals surface area contributed by atoms with Gasteiger partial charge in [-0.05, 0) is 18.4 Å². The molecule has 6 nitrogen and oxygen atoms in total. The number of aliphatic hydroxyl groups excluding tert-OH is 1. The third kappa shape index (κ3) is 5.65. The smallest absolute Gasteiger partial charge is 0.239 e. The van der Waals surface area contributed by atoms with E-state index in [0.29, 0.717) is 11.9 Å². The molecule has 0 aliphatic rings. The molecule has 0 radical (unpaired) electrons. The Bertz CT molecular complexity index is 383. The van der Waals surface area contributed by atoms with Crippen LogP contribution < -0.4 is 10.2 Å². The molecular formula is C13H22N4O2. The summed E-state index contributed by atoms with van der Waals surface area (Å²) < 4.78 is 0. The number of amides is 1. The Balaban J connectivity index is 2.46. The van der Waals surface area contributed by atoms with Crippen molar-refractivity contribution in [1.29, 1.82) is 0 Å². The summed E-state index contributed by atoms with van der Waals surface area (Å²) in [5, 5.41) is 12.0. The van der Waals surface area contributed by atoms with Crippen LogP contribution in [0.2, 0.25) is 0 Å². The molecule has 0 aromatic carbocycles. The minimum Gasteiger partial charge on any atom is -0.394 e. The number of aromatic nitrogens is 2. The predicted octanol–water partition coefficient (Wildman–Crippen LogP) is 0.436. The number of likely N-dealkylation sites (N-methyl/N-ethyl adjacent to an activating group) is 1. The van der Waals surface area contributed by atoms with E-state index in [2.05, 4.69) is 29.1 Å². The molecule has 0 saturated heterocycles. The Morgan fingerprint density at radius 3 is 2.58 bits per heavy atom. The molecule has 0 fully saturated rings. The molecule has 1 aromatic heterocycles. The summed E-state index contributed by atoms with van der Waals surface area (Å²) in [5.41, 5.74) is 0. The van der Waals surface area contributed by atoms with Crippen LogP contribution in [-0.4, -0.2) is 47.2 Å². The van der Waals surface area contributed by atoms with E-state index < -0.39 is 0 Å². The summed E-state index contributed by atoms with van der Waals surface area (Å²) >= 11 is 0. The van der Waals surface area contributed by atoms with Gasteiger partial charge in [-0.15, -0.1) is 0 Å². The van der Waals surface area contributed by atoms with Crippen LogP contribution in [0.1, 0.15) is 20.3 Å². The maximum Gasteiger partial charge on any atom is 0.239 e. The van der Waals surface area contributed by atoms with E-state index in [1.54, 1.807) is 30.4 Å². The summed E-state index contributed by atoms with van der Waals surface area (Å²) in [6.07, 6.45) is 4.02. The standard InChI is InChI=1S/C13H22N4O2/c1-10(2)7-11(9-18)16-12(19)8-17(3)13-14-5-4-6-15-13/h4-6,10-11,18H,7-9H2,1-3H3,(H,16,19). The van der Waals surface area contributed by atoms with E-state index in [9.17, 15) is 9.90 Å². The van der Waals surface area contributed by atoms with Gasteiger partial charge in [0.2, 0.25) is 11.9 Å². The van der Waals surface area contributed by atoms with Crippen LogP contribution in [0.4, 0.5) is 5.95 Å². The summed E-state index contributed by atoms with van der Waals surface area (Å²) in [5.74, 6) is 0.782. The van der Waals surface area contributed by atoms with Gasteiger partial charge in [-0.1, -0.05) is 13.8 Å². The SMILES string of the molecule is CC(C)CC(CO)NC(=O)CN(C)c1ncccn1. The zero-order chi connectivity index (χ0) is 14.3. The highest BCUT2D eigenvalue weighted by atomic mass is 16.3. The summed E-state index contributed by atoms with van der Waals surface area (Å²) in [4.78, 5) is 21.7. The maximum absolute atomic E-state index is 11.9. The zero-order valence-corrected chi connectivity index (χ0v) is 11.7. The summed E-state index contributed by atoms with van der Waals surface area (Å²) in [7, 11) is 1.76. The first-order chi connectivity index (χ1) is 9.02. The molecule has 1 rings (SSSR count). The van der Waals surface area contributed by atoms with Gasteiger partial charge in [-0.3, -0.25) is 4.79 Å². The van der Waals surface area contributed by atoms with Crippen molar-refractivity contribution >= 4 is 11.9 Å². The molecule has 1 unspecified atom stereocenters. The molecule has 1 heterocycles. The van der Waals surface area contributed by atoms with Gasteiger partial charge < -0.3 is 15.3 Å². The number of aliphatic hydroxyl groups is 1. The predicted molar refractivity (Wildman–Crippen MR) is 73.8 cm³/mol. The van der Waals surface area contributed by atoms with Crippen LogP contribution >= 0.6 is 0 Å². The van der Waals surface area contributed by atoms with Crippen LogP contribution in [0.5, 0.6) is 0 Å². The van der Waals surface area contributed by atoms with Gasteiger partial charge in [0.05, 0.1) is 19.2 Å². The van der Waals surface area contributed by atoms with Crippen molar-refractivity contribution in [1.82, 2.24) is 15.3 Å². The molecule has 1 aromatic rings. The molecule has 1 atom stereocenters. The Morgan fingerprint density at radius 2 is 2.05 bits per heavy atom. The number of nitrogens with zero attached hydrogens (tertiary/aromatic N) is 3. The lowest BCUT2D eigenvalue weighted by atomic mass is 10.0. The highest BCUT2D eigenvalue weighted by Gasteiger charge is 2.15. The minimum atomic E-state index is -0.197. The molecular weight excluding hydrogens is 244 g/mol. The third-order valence-electron chi connectivity index (χ3n) is 2.62. The molecule has 0 aliphatic heterocycles. The highest BCUT2D eigenvalue weighted by Crippen LogP contribution is 2.05. The number of nitrogens with one attached hydrogen (secondary N) is 1. The van der Waals surface area contributed by atoms with E-state index in [1.165, 1.54) is 0 Å². The molecule has 6 heteroatoms. The first-order valence-electron chi connectivity index (χ1n) is 6.41. The van der Waals surface area contributed by atoms with Gasteiger partial charge in [0.25, 0.3) is 0 Å². The van der Waals surface area contributed by atoms with Gasteiger partial charge in [0.15, 0.2) is 0 Å². The van der Waals surface area contributed by atoms with Crippen LogP contribution in [0.15, 0.2) is 18.5 Å². The van der Waals surface area contributed by atoms with E-state index in [1.807, 2.05) is 0 Å². The molecule has 0 bridgehead atoms. The first-order valence-corrected chi connectivity index (χ1v) is 6.41. The van der Waals surface area contributed by atoms with Crippen LogP contribution in [0, 0.1) is 5.92 Å². The van der Waals surface area contributed by atoms with Crippen molar-refractivity contribution in [3.63, 3.8) is 0 Å². The fourth-order valence-corrected chi connectivity index (χ4v) is 1.80. The maximum atomic E-state index is 11.9. The first kappa shape index (κ1) is 15.4. The van der Waals surface area contributed by atoms with Gasteiger partial charge >= 0.3 is 0 Å². The minimum absolute atomic E-state index is 0.0462. The number of carbonyl (C=O) groups is 1. The molecule has 106 valence electrons. The molecule has 2 N–H and O–H groups in total. The van der Waals surface area contributed by atoms with E-state index in [4.69, 9.17) is 0 Å². The normalized spacial score (nSPS) is 12.3. The lowest BCUT2D eigenvalue weighted by Gasteiger charge is -2.21. The average Bonchev–Trinajstić information content (AvgIpc) is 2.38. The topological polar surface area (TPSA) is 78.4 Å². The van der Waals surface area contributed by atoms with Crippen molar-refractivity contribution in [3.05, 3.63) is 18.5 Å². The highest BCUT2D eigenvalue weighted by molar-refractivity contribution is 5.80. The average molecular weight is 266 g/mol. The molecule has 1 amide bonds. The van der Waals surface area contributed by atoms with Crippen molar-refractivity contribution in [2.45, 2.75) is 26.3 Å². The molecule has 0 aliphatic carbocycles. The largest absolute Gasteiger partial charge is 0.394 e. The van der Waals surface area contributed by atoms with E-state index in [-0.39, 0.29) is 25.1 Å². The van der Waals surface area contributed by atoms with Crippen molar-refractivity contribution < 1.29 is 9.90 Å². The van der Waals surface area contributed by atoms with Crippen molar-refractivity contribution in [2.75, 3.05) is 25.1 Å². The quantitative estimate of drug-likeness (QED) is 0.748. The van der Waals surface area contributed by atoms with Crippen LogP contribution in [0.25, 0.3) is 0 Å². The fourth-order valence-electron chi connectivity index (χ4n) is 1.80. The number of rotatable bonds is 7. The second-order valence-electron chi connectivity index (χ2n) is 4.98. The summed E-state index contributed by atoms with van der Waals surface area (Å²) in [6.45, 7) is 4.23. The third-order valence-corrected chi connectivity index (χ3v) is 2.62. The molecule has 0 saturated carbocycles. The lowest BCUT2D eigenvalue weighted by Crippen LogP contribution is -2.43. The molecule has 19 heavy (non-hydrogen) atoms.